The Morgan fingerprint density at radius 3 is 2.48 bits per heavy atom. The third kappa shape index (κ3) is 6.52. The van der Waals surface area contributed by atoms with Crippen molar-refractivity contribution in [2.75, 3.05) is 13.2 Å². The van der Waals surface area contributed by atoms with Gasteiger partial charge in [-0.2, -0.15) is 0 Å². The van der Waals surface area contributed by atoms with Crippen LogP contribution in [-0.2, 0) is 16.2 Å². The number of carbonyl (C=O) groups is 1. The van der Waals surface area contributed by atoms with E-state index < -0.39 is 6.09 Å². The molecule has 0 saturated carbocycles. The lowest BCUT2D eigenvalue weighted by Gasteiger charge is -2.06. The summed E-state index contributed by atoms with van der Waals surface area (Å²) in [4.78, 5) is 15.3. The fourth-order valence-corrected chi connectivity index (χ4v) is 1.72. The molecule has 6 heteroatoms. The van der Waals surface area contributed by atoms with Gasteiger partial charge in [0.1, 0.15) is 19.0 Å². The van der Waals surface area contributed by atoms with Crippen LogP contribution in [0, 0.1) is 0 Å². The van der Waals surface area contributed by atoms with Gasteiger partial charge in [-0.25, -0.2) is 4.79 Å². The normalized spacial score (nSPS) is 10.4. The van der Waals surface area contributed by atoms with Gasteiger partial charge < -0.3 is 20.0 Å². The summed E-state index contributed by atoms with van der Waals surface area (Å²) < 4.78 is 10.2. The molecule has 0 aliphatic carbocycles. The molecule has 0 bridgehead atoms. The largest absolute Gasteiger partial charge is 0.489 e. The Labute approximate surface area is 134 Å². The van der Waals surface area contributed by atoms with Gasteiger partial charge in [0.2, 0.25) is 0 Å². The van der Waals surface area contributed by atoms with Gasteiger partial charge in [-0.1, -0.05) is 35.5 Å². The van der Waals surface area contributed by atoms with Crippen LogP contribution < -0.4 is 10.5 Å². The van der Waals surface area contributed by atoms with E-state index in [-0.39, 0.29) is 13.2 Å². The quantitative estimate of drug-likeness (QED) is 0.461. The number of amides is 1. The number of hydrogen-bond acceptors (Lipinski definition) is 5. The number of oxime groups is 1. The van der Waals surface area contributed by atoms with Crippen molar-refractivity contribution in [3.05, 3.63) is 65.7 Å². The zero-order valence-electron chi connectivity index (χ0n) is 12.6. The molecule has 0 aliphatic rings. The first-order chi connectivity index (χ1) is 11.2. The fourth-order valence-electron chi connectivity index (χ4n) is 1.72. The van der Waals surface area contributed by atoms with E-state index in [4.69, 9.17) is 15.3 Å². The summed E-state index contributed by atoms with van der Waals surface area (Å²) in [5.41, 5.74) is 6.79. The lowest BCUT2D eigenvalue weighted by Crippen LogP contribution is -2.15. The molecule has 0 spiro atoms. The van der Waals surface area contributed by atoms with E-state index >= 15 is 0 Å². The average Bonchev–Trinajstić information content (AvgIpc) is 2.58. The Morgan fingerprint density at radius 2 is 1.78 bits per heavy atom. The van der Waals surface area contributed by atoms with Crippen LogP contribution in [0.1, 0.15) is 11.1 Å². The van der Waals surface area contributed by atoms with Crippen molar-refractivity contribution in [2.45, 2.75) is 6.61 Å². The maximum Gasteiger partial charge on any atom is 0.404 e. The van der Waals surface area contributed by atoms with Gasteiger partial charge >= 0.3 is 6.09 Å². The lowest BCUT2D eigenvalue weighted by molar-refractivity contribution is 0.0816. The van der Waals surface area contributed by atoms with Crippen LogP contribution in [0.2, 0.25) is 0 Å². The number of nitrogens with two attached hydrogens (primary N) is 1. The number of benzene rings is 2. The molecule has 0 saturated heterocycles. The highest BCUT2D eigenvalue weighted by atomic mass is 16.6. The predicted octanol–water partition coefficient (Wildman–Crippen LogP) is 2.71. The van der Waals surface area contributed by atoms with Crippen molar-refractivity contribution in [2.24, 2.45) is 10.9 Å². The van der Waals surface area contributed by atoms with Gasteiger partial charge in [0, 0.05) is 0 Å². The highest BCUT2D eigenvalue weighted by Crippen LogP contribution is 2.13. The molecule has 0 heterocycles. The Hall–Kier alpha value is -3.02. The molecule has 0 fully saturated rings. The van der Waals surface area contributed by atoms with Crippen LogP contribution in [0.15, 0.2) is 59.8 Å². The first-order valence-electron chi connectivity index (χ1n) is 7.08. The molecule has 1 amide bonds. The van der Waals surface area contributed by atoms with E-state index in [9.17, 15) is 4.79 Å². The van der Waals surface area contributed by atoms with Crippen molar-refractivity contribution in [3.8, 4) is 5.75 Å². The van der Waals surface area contributed by atoms with Crippen LogP contribution in [0.5, 0.6) is 5.75 Å². The fraction of sp³-hybridized carbons (Fsp3) is 0.176. The Bertz CT molecular complexity index is 627. The molecule has 0 aromatic heterocycles. The Kier molecular flexibility index (Phi) is 6.46. The smallest absolute Gasteiger partial charge is 0.404 e. The third-order valence-electron chi connectivity index (χ3n) is 2.82. The van der Waals surface area contributed by atoms with E-state index in [2.05, 4.69) is 9.89 Å². The first-order valence-corrected chi connectivity index (χ1v) is 7.08. The maximum absolute atomic E-state index is 10.3. The Balaban J connectivity index is 1.72. The molecule has 0 radical (unpaired) electrons. The molecule has 120 valence electrons. The minimum absolute atomic E-state index is 0.0684. The molecule has 0 atom stereocenters. The highest BCUT2D eigenvalue weighted by Gasteiger charge is 1.96. The van der Waals surface area contributed by atoms with Gasteiger partial charge in [-0.15, -0.1) is 0 Å². The molecule has 2 rings (SSSR count). The number of carbonyl (C=O) groups excluding carboxylic acids is 1. The topological polar surface area (TPSA) is 83.1 Å². The molecular weight excluding hydrogens is 296 g/mol. The number of rotatable bonds is 8. The second-order valence-electron chi connectivity index (χ2n) is 4.58. The minimum Gasteiger partial charge on any atom is -0.489 e. The van der Waals surface area contributed by atoms with Crippen LogP contribution in [0.4, 0.5) is 4.79 Å². The first kappa shape index (κ1) is 16.4. The molecule has 0 unspecified atom stereocenters. The van der Waals surface area contributed by atoms with Gasteiger partial charge in [-0.3, -0.25) is 0 Å². The SMILES string of the molecule is NC(=O)OCCO/N=C/c1ccc(OCc2ccccc2)cc1. The minimum atomic E-state index is -0.830. The van der Waals surface area contributed by atoms with Crippen molar-refractivity contribution in [3.63, 3.8) is 0 Å². The second-order valence-corrected chi connectivity index (χ2v) is 4.58. The number of primary amides is 1. The summed E-state index contributed by atoms with van der Waals surface area (Å²) in [6, 6.07) is 17.4. The van der Waals surface area contributed by atoms with Crippen LogP contribution in [0.25, 0.3) is 0 Å². The molecule has 2 N–H and O–H groups in total. The van der Waals surface area contributed by atoms with Crippen molar-refractivity contribution >= 4 is 12.3 Å². The molecular formula is C17H18N2O4. The predicted molar refractivity (Wildman–Crippen MR) is 86.3 cm³/mol. The monoisotopic (exact) mass is 314 g/mol. The van der Waals surface area contributed by atoms with Crippen LogP contribution in [-0.4, -0.2) is 25.5 Å². The standard InChI is InChI=1S/C17H18N2O4/c18-17(20)21-10-11-23-19-12-14-6-8-16(9-7-14)22-13-15-4-2-1-3-5-15/h1-9,12H,10-11,13H2,(H2,18,20)/b19-12+. The zero-order valence-corrected chi connectivity index (χ0v) is 12.6. The van der Waals surface area contributed by atoms with Gasteiger partial charge in [-0.05, 0) is 35.4 Å². The summed E-state index contributed by atoms with van der Waals surface area (Å²) in [6.07, 6.45) is 0.731. The van der Waals surface area contributed by atoms with Crippen LogP contribution >= 0.6 is 0 Å². The second kappa shape index (κ2) is 9.09. The van der Waals surface area contributed by atoms with E-state index in [0.29, 0.717) is 6.61 Å². The van der Waals surface area contributed by atoms with Gasteiger partial charge in [0.25, 0.3) is 0 Å². The van der Waals surface area contributed by atoms with Crippen LogP contribution in [0.3, 0.4) is 0 Å². The van der Waals surface area contributed by atoms with E-state index in [1.807, 2.05) is 54.6 Å². The zero-order chi connectivity index (χ0) is 16.3. The number of nitrogens with zero attached hydrogens (tertiary/aromatic N) is 1. The molecule has 2 aromatic rings. The lowest BCUT2D eigenvalue weighted by atomic mass is 10.2. The van der Waals surface area contributed by atoms with E-state index in [1.54, 1.807) is 6.21 Å². The summed E-state index contributed by atoms with van der Waals surface area (Å²) in [6.45, 7) is 0.744. The summed E-state index contributed by atoms with van der Waals surface area (Å²) in [5, 5.41) is 3.76. The summed E-state index contributed by atoms with van der Waals surface area (Å²) in [7, 11) is 0. The number of ether oxygens (including phenoxy) is 2. The molecule has 23 heavy (non-hydrogen) atoms. The summed E-state index contributed by atoms with van der Waals surface area (Å²) >= 11 is 0. The van der Waals surface area contributed by atoms with Gasteiger partial charge in [0.05, 0.1) is 6.21 Å². The van der Waals surface area contributed by atoms with E-state index in [1.165, 1.54) is 0 Å². The third-order valence-corrected chi connectivity index (χ3v) is 2.82. The summed E-state index contributed by atoms with van der Waals surface area (Å²) in [5.74, 6) is 0.779. The van der Waals surface area contributed by atoms with Crippen molar-refractivity contribution in [1.82, 2.24) is 0 Å². The average molecular weight is 314 g/mol. The van der Waals surface area contributed by atoms with Gasteiger partial charge in [0.15, 0.2) is 6.61 Å². The van der Waals surface area contributed by atoms with E-state index in [0.717, 1.165) is 16.9 Å². The maximum atomic E-state index is 10.3. The van der Waals surface area contributed by atoms with Crippen molar-refractivity contribution in [1.29, 1.82) is 0 Å². The van der Waals surface area contributed by atoms with Crippen molar-refractivity contribution < 1.29 is 19.1 Å². The Morgan fingerprint density at radius 1 is 1.04 bits per heavy atom. The molecule has 2 aromatic carbocycles. The number of hydrogen-bond donors (Lipinski definition) is 1. The molecule has 0 aliphatic heterocycles. The highest BCUT2D eigenvalue weighted by molar-refractivity contribution is 5.79. The molecule has 6 nitrogen and oxygen atoms in total.